The lowest BCUT2D eigenvalue weighted by atomic mass is 9.90. The average Bonchev–Trinajstić information content (AvgIpc) is 2.25. The predicted molar refractivity (Wildman–Crippen MR) is 64.2 cm³/mol. The zero-order valence-electron chi connectivity index (χ0n) is 11.0. The minimum absolute atomic E-state index is 0.365. The Morgan fingerprint density at radius 2 is 2.00 bits per heavy atom. The van der Waals surface area contributed by atoms with Crippen LogP contribution in [0, 0.1) is 5.92 Å². The van der Waals surface area contributed by atoms with E-state index in [2.05, 4.69) is 0 Å². The van der Waals surface area contributed by atoms with Crippen LogP contribution in [0.3, 0.4) is 0 Å². The number of carbonyl (C=O) groups is 2. The molecule has 1 rings (SSSR count). The Morgan fingerprint density at radius 1 is 1.39 bits per heavy atom. The van der Waals surface area contributed by atoms with Crippen LogP contribution in [0.1, 0.15) is 33.6 Å². The highest BCUT2D eigenvalue weighted by molar-refractivity contribution is 5.74. The summed E-state index contributed by atoms with van der Waals surface area (Å²) < 4.78 is 5.22. The van der Waals surface area contributed by atoms with Gasteiger partial charge in [0.25, 0.3) is 0 Å². The molecule has 6 heteroatoms. The number of ether oxygens (including phenoxy) is 1. The van der Waals surface area contributed by atoms with Gasteiger partial charge in [0.05, 0.1) is 18.6 Å². The Bertz CT molecular complexity index is 323. The number of hydrogen-bond acceptors (Lipinski definition) is 4. The molecule has 1 aliphatic heterocycles. The van der Waals surface area contributed by atoms with Gasteiger partial charge in [-0.2, -0.15) is 0 Å². The van der Waals surface area contributed by atoms with E-state index in [-0.39, 0.29) is 6.61 Å². The largest absolute Gasteiger partial charge is 0.481 e. The number of hydrogen-bond donors (Lipinski definition) is 2. The molecule has 1 heterocycles. The molecule has 2 atom stereocenters. The van der Waals surface area contributed by atoms with Crippen LogP contribution < -0.4 is 0 Å². The van der Waals surface area contributed by atoms with E-state index < -0.39 is 29.6 Å². The summed E-state index contributed by atoms with van der Waals surface area (Å²) in [6.45, 7) is 5.30. The van der Waals surface area contributed by atoms with Crippen molar-refractivity contribution in [3.05, 3.63) is 0 Å². The second kappa shape index (κ2) is 5.56. The number of aliphatic hydroxyl groups is 1. The van der Waals surface area contributed by atoms with Crippen LogP contribution in [0.25, 0.3) is 0 Å². The number of amides is 1. The molecule has 0 saturated carbocycles. The number of likely N-dealkylation sites (tertiary alicyclic amines) is 1. The summed E-state index contributed by atoms with van der Waals surface area (Å²) in [5.74, 6) is -1.71. The summed E-state index contributed by atoms with van der Waals surface area (Å²) in [7, 11) is 0. The van der Waals surface area contributed by atoms with Crippen molar-refractivity contribution < 1.29 is 24.5 Å². The molecule has 1 aliphatic rings. The standard InChI is InChI=1S/C12H21NO5/c1-12(2,3)18-11(17)13-6-4-5-8(10(15)16)9(13)7-14/h8-9,14H,4-7H2,1-3H3,(H,15,16)/t8-,9+/m1/s1. The quantitative estimate of drug-likeness (QED) is 0.774. The van der Waals surface area contributed by atoms with Crippen molar-refractivity contribution in [1.82, 2.24) is 4.90 Å². The fraction of sp³-hybridized carbons (Fsp3) is 0.833. The van der Waals surface area contributed by atoms with Crippen LogP contribution in [0.5, 0.6) is 0 Å². The smallest absolute Gasteiger partial charge is 0.410 e. The molecule has 0 aromatic carbocycles. The van der Waals surface area contributed by atoms with Crippen molar-refractivity contribution >= 4 is 12.1 Å². The third-order valence-electron chi connectivity index (χ3n) is 2.91. The number of aliphatic carboxylic acids is 1. The molecule has 0 spiro atoms. The summed E-state index contributed by atoms with van der Waals surface area (Å²) in [5.41, 5.74) is -0.632. The van der Waals surface area contributed by atoms with Crippen LogP contribution in [0.4, 0.5) is 4.79 Å². The summed E-state index contributed by atoms with van der Waals surface area (Å²) in [6.07, 6.45) is 0.513. The second-order valence-corrected chi connectivity index (χ2v) is 5.51. The number of carboxylic acid groups (broad SMARTS) is 1. The molecular weight excluding hydrogens is 238 g/mol. The van der Waals surface area contributed by atoms with Crippen molar-refractivity contribution in [3.8, 4) is 0 Å². The average molecular weight is 259 g/mol. The first-order valence-electron chi connectivity index (χ1n) is 6.09. The molecule has 18 heavy (non-hydrogen) atoms. The molecule has 0 aromatic heterocycles. The first-order chi connectivity index (χ1) is 8.26. The van der Waals surface area contributed by atoms with E-state index in [1.54, 1.807) is 20.8 Å². The Labute approximate surface area is 107 Å². The summed E-state index contributed by atoms with van der Waals surface area (Å²) in [5, 5.41) is 18.4. The summed E-state index contributed by atoms with van der Waals surface area (Å²) in [6, 6.07) is -0.703. The van der Waals surface area contributed by atoms with Gasteiger partial charge in [0.15, 0.2) is 0 Å². The van der Waals surface area contributed by atoms with Crippen LogP contribution in [-0.2, 0) is 9.53 Å². The number of nitrogens with zero attached hydrogens (tertiary/aromatic N) is 1. The molecule has 0 unspecified atom stereocenters. The van der Waals surface area contributed by atoms with Crippen LogP contribution in [-0.4, -0.2) is 52.0 Å². The molecule has 1 amide bonds. The number of carbonyl (C=O) groups excluding carboxylic acids is 1. The van der Waals surface area contributed by atoms with Gasteiger partial charge in [-0.1, -0.05) is 0 Å². The van der Waals surface area contributed by atoms with Gasteiger partial charge in [-0.25, -0.2) is 4.79 Å². The Kier molecular flexibility index (Phi) is 4.56. The normalized spacial score (nSPS) is 24.8. The number of piperidine rings is 1. The minimum atomic E-state index is -0.984. The molecule has 1 saturated heterocycles. The maximum Gasteiger partial charge on any atom is 0.410 e. The maximum atomic E-state index is 12.0. The van der Waals surface area contributed by atoms with Crippen LogP contribution in [0.2, 0.25) is 0 Å². The van der Waals surface area contributed by atoms with Gasteiger partial charge in [-0.15, -0.1) is 0 Å². The lowest BCUT2D eigenvalue weighted by molar-refractivity contribution is -0.146. The van der Waals surface area contributed by atoms with E-state index in [0.717, 1.165) is 0 Å². The lowest BCUT2D eigenvalue weighted by Gasteiger charge is -2.39. The fourth-order valence-electron chi connectivity index (χ4n) is 2.12. The minimum Gasteiger partial charge on any atom is -0.481 e. The first kappa shape index (κ1) is 14.8. The number of carboxylic acids is 1. The zero-order valence-corrected chi connectivity index (χ0v) is 11.0. The number of rotatable bonds is 2. The van der Waals surface area contributed by atoms with Gasteiger partial charge in [-0.3, -0.25) is 4.79 Å². The fourth-order valence-corrected chi connectivity index (χ4v) is 2.12. The van der Waals surface area contributed by atoms with Gasteiger partial charge < -0.3 is 19.8 Å². The van der Waals surface area contributed by atoms with Gasteiger partial charge in [0.2, 0.25) is 0 Å². The van der Waals surface area contributed by atoms with E-state index in [0.29, 0.717) is 19.4 Å². The molecule has 6 nitrogen and oxygen atoms in total. The maximum absolute atomic E-state index is 12.0. The van der Waals surface area contributed by atoms with Crippen molar-refractivity contribution in [1.29, 1.82) is 0 Å². The van der Waals surface area contributed by atoms with Crippen LogP contribution in [0.15, 0.2) is 0 Å². The molecule has 2 N–H and O–H groups in total. The first-order valence-corrected chi connectivity index (χ1v) is 6.09. The van der Waals surface area contributed by atoms with E-state index in [1.165, 1.54) is 4.90 Å². The summed E-state index contributed by atoms with van der Waals surface area (Å²) in [4.78, 5) is 24.4. The van der Waals surface area contributed by atoms with Crippen molar-refractivity contribution in [2.75, 3.05) is 13.2 Å². The van der Waals surface area contributed by atoms with E-state index >= 15 is 0 Å². The zero-order chi connectivity index (χ0) is 13.9. The molecule has 0 bridgehead atoms. The highest BCUT2D eigenvalue weighted by Crippen LogP contribution is 2.25. The van der Waals surface area contributed by atoms with E-state index in [4.69, 9.17) is 9.84 Å². The molecule has 1 fully saturated rings. The molecule has 0 radical (unpaired) electrons. The molecule has 0 aromatic rings. The van der Waals surface area contributed by atoms with Crippen molar-refractivity contribution in [2.24, 2.45) is 5.92 Å². The highest BCUT2D eigenvalue weighted by atomic mass is 16.6. The Balaban J connectivity index is 2.79. The van der Waals surface area contributed by atoms with Gasteiger partial charge in [0.1, 0.15) is 5.60 Å². The van der Waals surface area contributed by atoms with Crippen LogP contribution >= 0.6 is 0 Å². The Hall–Kier alpha value is -1.30. The Morgan fingerprint density at radius 3 is 2.44 bits per heavy atom. The monoisotopic (exact) mass is 259 g/mol. The third-order valence-corrected chi connectivity index (χ3v) is 2.91. The van der Waals surface area contributed by atoms with E-state index in [1.807, 2.05) is 0 Å². The van der Waals surface area contributed by atoms with Gasteiger partial charge >= 0.3 is 12.1 Å². The molecule has 0 aliphatic carbocycles. The SMILES string of the molecule is CC(C)(C)OC(=O)N1CCC[C@@H](C(=O)O)[C@@H]1CO. The second-order valence-electron chi connectivity index (χ2n) is 5.51. The predicted octanol–water partition coefficient (Wildman–Crippen LogP) is 1.08. The van der Waals surface area contributed by atoms with E-state index in [9.17, 15) is 14.7 Å². The van der Waals surface area contributed by atoms with Gasteiger partial charge in [-0.05, 0) is 33.6 Å². The third kappa shape index (κ3) is 3.60. The topological polar surface area (TPSA) is 87.1 Å². The lowest BCUT2D eigenvalue weighted by Crippen LogP contribution is -2.53. The molecule has 104 valence electrons. The van der Waals surface area contributed by atoms with Crippen molar-refractivity contribution in [3.63, 3.8) is 0 Å². The van der Waals surface area contributed by atoms with Crippen molar-refractivity contribution in [2.45, 2.75) is 45.3 Å². The highest BCUT2D eigenvalue weighted by Gasteiger charge is 2.39. The summed E-state index contributed by atoms with van der Waals surface area (Å²) >= 11 is 0. The van der Waals surface area contributed by atoms with Gasteiger partial charge in [0, 0.05) is 6.54 Å². The molecular formula is C12H21NO5. The number of aliphatic hydroxyl groups excluding tert-OH is 1.